The van der Waals surface area contributed by atoms with Crippen molar-refractivity contribution >= 4 is 5.91 Å². The van der Waals surface area contributed by atoms with Crippen LogP contribution in [-0.4, -0.2) is 38.8 Å². The van der Waals surface area contributed by atoms with Crippen molar-refractivity contribution in [1.29, 1.82) is 0 Å². The fourth-order valence-corrected chi connectivity index (χ4v) is 2.65. The van der Waals surface area contributed by atoms with Crippen molar-refractivity contribution in [3.63, 3.8) is 0 Å². The standard InChI is InChI=1S/C17H26N2O3/c1-13-11-15(7-8-18-13)17(20)19-12-14-3-5-16(6-4-14)22-10-9-21-2/h3-6,13,15,18H,7-12H2,1-2H3,(H,19,20)/t13-,15-/m0/s1. The number of benzene rings is 1. The van der Waals surface area contributed by atoms with Crippen LogP contribution in [0.5, 0.6) is 5.75 Å². The van der Waals surface area contributed by atoms with Gasteiger partial charge in [-0.3, -0.25) is 4.79 Å². The zero-order valence-corrected chi connectivity index (χ0v) is 13.4. The summed E-state index contributed by atoms with van der Waals surface area (Å²) in [6.45, 7) is 4.73. The second-order valence-corrected chi connectivity index (χ2v) is 5.78. The van der Waals surface area contributed by atoms with Gasteiger partial charge >= 0.3 is 0 Å². The quantitative estimate of drug-likeness (QED) is 0.753. The maximum Gasteiger partial charge on any atom is 0.223 e. The van der Waals surface area contributed by atoms with Gasteiger partial charge in [-0.1, -0.05) is 12.1 Å². The van der Waals surface area contributed by atoms with Crippen LogP contribution in [0.1, 0.15) is 25.3 Å². The molecule has 5 nitrogen and oxygen atoms in total. The minimum absolute atomic E-state index is 0.132. The van der Waals surface area contributed by atoms with E-state index in [0.29, 0.717) is 25.8 Å². The molecule has 0 unspecified atom stereocenters. The van der Waals surface area contributed by atoms with Crippen LogP contribution in [-0.2, 0) is 16.1 Å². The molecule has 0 bridgehead atoms. The van der Waals surface area contributed by atoms with E-state index >= 15 is 0 Å². The zero-order chi connectivity index (χ0) is 15.8. The second-order valence-electron chi connectivity index (χ2n) is 5.78. The first kappa shape index (κ1) is 16.8. The molecule has 1 heterocycles. The van der Waals surface area contributed by atoms with E-state index in [4.69, 9.17) is 9.47 Å². The molecule has 5 heteroatoms. The molecule has 0 spiro atoms. The minimum atomic E-state index is 0.132. The average Bonchev–Trinajstić information content (AvgIpc) is 2.54. The number of methoxy groups -OCH3 is 1. The predicted molar refractivity (Wildman–Crippen MR) is 85.8 cm³/mol. The highest BCUT2D eigenvalue weighted by atomic mass is 16.5. The van der Waals surface area contributed by atoms with Crippen LogP contribution in [0.25, 0.3) is 0 Å². The van der Waals surface area contributed by atoms with E-state index in [1.54, 1.807) is 7.11 Å². The number of carbonyl (C=O) groups is 1. The summed E-state index contributed by atoms with van der Waals surface area (Å²) in [6.07, 6.45) is 1.83. The molecule has 122 valence electrons. The number of hydrogen-bond acceptors (Lipinski definition) is 4. The largest absolute Gasteiger partial charge is 0.491 e. The summed E-state index contributed by atoms with van der Waals surface area (Å²) in [6, 6.07) is 8.22. The number of piperidine rings is 1. The first-order chi connectivity index (χ1) is 10.7. The zero-order valence-electron chi connectivity index (χ0n) is 13.4. The molecule has 0 aliphatic carbocycles. The van der Waals surface area contributed by atoms with Crippen LogP contribution in [0.3, 0.4) is 0 Å². The van der Waals surface area contributed by atoms with E-state index in [1.807, 2.05) is 24.3 Å². The monoisotopic (exact) mass is 306 g/mol. The van der Waals surface area contributed by atoms with Crippen molar-refractivity contribution in [3.05, 3.63) is 29.8 Å². The van der Waals surface area contributed by atoms with Gasteiger partial charge in [0.2, 0.25) is 5.91 Å². The number of hydrogen-bond donors (Lipinski definition) is 2. The lowest BCUT2D eigenvalue weighted by molar-refractivity contribution is -0.126. The van der Waals surface area contributed by atoms with Gasteiger partial charge in [0.05, 0.1) is 6.61 Å². The molecule has 0 radical (unpaired) electrons. The van der Waals surface area contributed by atoms with Gasteiger partial charge in [-0.25, -0.2) is 0 Å². The number of rotatable bonds is 7. The topological polar surface area (TPSA) is 59.6 Å². The molecule has 1 aromatic carbocycles. The van der Waals surface area contributed by atoms with E-state index < -0.39 is 0 Å². The van der Waals surface area contributed by atoms with Gasteiger partial charge in [0.1, 0.15) is 12.4 Å². The normalized spacial score (nSPS) is 21.4. The van der Waals surface area contributed by atoms with Crippen molar-refractivity contribution in [2.45, 2.75) is 32.4 Å². The Bertz CT molecular complexity index is 461. The maximum atomic E-state index is 12.2. The van der Waals surface area contributed by atoms with Crippen LogP contribution >= 0.6 is 0 Å². The van der Waals surface area contributed by atoms with E-state index in [1.165, 1.54) is 0 Å². The fourth-order valence-electron chi connectivity index (χ4n) is 2.65. The van der Waals surface area contributed by atoms with Crippen molar-refractivity contribution in [2.75, 3.05) is 26.9 Å². The third-order valence-corrected chi connectivity index (χ3v) is 3.94. The van der Waals surface area contributed by atoms with Crippen LogP contribution in [0, 0.1) is 5.92 Å². The number of nitrogens with one attached hydrogen (secondary N) is 2. The maximum absolute atomic E-state index is 12.2. The smallest absolute Gasteiger partial charge is 0.223 e. The van der Waals surface area contributed by atoms with Crippen LogP contribution in [0.15, 0.2) is 24.3 Å². The van der Waals surface area contributed by atoms with Crippen molar-refractivity contribution in [2.24, 2.45) is 5.92 Å². The molecule has 0 aromatic heterocycles. The Labute approximate surface area is 132 Å². The van der Waals surface area contributed by atoms with Crippen LogP contribution in [0.4, 0.5) is 0 Å². The lowest BCUT2D eigenvalue weighted by Crippen LogP contribution is -2.42. The molecular formula is C17H26N2O3. The minimum Gasteiger partial charge on any atom is -0.491 e. The summed E-state index contributed by atoms with van der Waals surface area (Å²) in [7, 11) is 1.65. The van der Waals surface area contributed by atoms with Crippen LogP contribution < -0.4 is 15.4 Å². The van der Waals surface area contributed by atoms with Crippen molar-refractivity contribution < 1.29 is 14.3 Å². The van der Waals surface area contributed by atoms with Gasteiger partial charge in [0, 0.05) is 25.6 Å². The Morgan fingerprint density at radius 3 is 2.77 bits per heavy atom. The third-order valence-electron chi connectivity index (χ3n) is 3.94. The second kappa shape index (κ2) is 8.76. The summed E-state index contributed by atoms with van der Waals surface area (Å²) in [5, 5.41) is 6.40. The fraction of sp³-hybridized carbons (Fsp3) is 0.588. The van der Waals surface area contributed by atoms with Gasteiger partial charge in [0.15, 0.2) is 0 Å². The van der Waals surface area contributed by atoms with E-state index in [-0.39, 0.29) is 11.8 Å². The summed E-state index contributed by atoms with van der Waals surface area (Å²) >= 11 is 0. The predicted octanol–water partition coefficient (Wildman–Crippen LogP) is 1.72. The van der Waals surface area contributed by atoms with E-state index in [9.17, 15) is 4.79 Å². The summed E-state index contributed by atoms with van der Waals surface area (Å²) < 4.78 is 10.5. The number of amides is 1. The molecule has 22 heavy (non-hydrogen) atoms. The van der Waals surface area contributed by atoms with Crippen molar-refractivity contribution in [3.8, 4) is 5.75 Å². The first-order valence-corrected chi connectivity index (χ1v) is 7.91. The van der Waals surface area contributed by atoms with Gasteiger partial charge in [-0.05, 0) is 44.0 Å². The third kappa shape index (κ3) is 5.31. The molecule has 1 aromatic rings. The summed E-state index contributed by atoms with van der Waals surface area (Å²) in [5.41, 5.74) is 1.08. The van der Waals surface area contributed by atoms with Crippen LogP contribution in [0.2, 0.25) is 0 Å². The van der Waals surface area contributed by atoms with Gasteiger partial charge in [-0.2, -0.15) is 0 Å². The molecule has 0 saturated carbocycles. The molecule has 2 rings (SSSR count). The Balaban J connectivity index is 1.75. The molecular weight excluding hydrogens is 280 g/mol. The summed E-state index contributed by atoms with van der Waals surface area (Å²) in [5.74, 6) is 1.11. The lowest BCUT2D eigenvalue weighted by Gasteiger charge is -2.27. The number of carbonyl (C=O) groups excluding carboxylic acids is 1. The van der Waals surface area contributed by atoms with Gasteiger partial charge < -0.3 is 20.1 Å². The lowest BCUT2D eigenvalue weighted by atomic mass is 9.92. The Morgan fingerprint density at radius 2 is 2.09 bits per heavy atom. The Hall–Kier alpha value is -1.59. The highest BCUT2D eigenvalue weighted by Gasteiger charge is 2.24. The summed E-state index contributed by atoms with van der Waals surface area (Å²) in [4.78, 5) is 12.2. The van der Waals surface area contributed by atoms with E-state index in [0.717, 1.165) is 30.7 Å². The highest BCUT2D eigenvalue weighted by Crippen LogP contribution is 2.17. The molecule has 1 amide bonds. The van der Waals surface area contributed by atoms with Gasteiger partial charge in [0.25, 0.3) is 0 Å². The highest BCUT2D eigenvalue weighted by molar-refractivity contribution is 5.78. The van der Waals surface area contributed by atoms with Crippen molar-refractivity contribution in [1.82, 2.24) is 10.6 Å². The Morgan fingerprint density at radius 1 is 1.32 bits per heavy atom. The molecule has 1 fully saturated rings. The SMILES string of the molecule is COCCOc1ccc(CNC(=O)[C@H]2CCN[C@@H](C)C2)cc1. The Kier molecular flexibility index (Phi) is 6.68. The van der Waals surface area contributed by atoms with Gasteiger partial charge in [-0.15, -0.1) is 0 Å². The van der Waals surface area contributed by atoms with E-state index in [2.05, 4.69) is 17.6 Å². The molecule has 1 aliphatic rings. The molecule has 1 saturated heterocycles. The molecule has 1 aliphatic heterocycles. The first-order valence-electron chi connectivity index (χ1n) is 7.91. The molecule has 2 atom stereocenters. The average molecular weight is 306 g/mol. The number of ether oxygens (including phenoxy) is 2. The molecule has 2 N–H and O–H groups in total.